The van der Waals surface area contributed by atoms with Gasteiger partial charge in [-0.1, -0.05) is 63.6 Å². The van der Waals surface area contributed by atoms with Crippen molar-refractivity contribution in [1.29, 1.82) is 0 Å². The van der Waals surface area contributed by atoms with Crippen molar-refractivity contribution < 1.29 is 13.2 Å². The molecule has 2 atom stereocenters. The van der Waals surface area contributed by atoms with E-state index < -0.39 is 9.84 Å². The zero-order chi connectivity index (χ0) is 22.5. The third kappa shape index (κ3) is 6.56. The largest absolute Gasteiger partial charge is 0.324 e. The van der Waals surface area contributed by atoms with Crippen LogP contribution in [-0.4, -0.2) is 27.1 Å². The highest BCUT2D eigenvalue weighted by Gasteiger charge is 2.18. The van der Waals surface area contributed by atoms with Gasteiger partial charge in [0.25, 0.3) is 0 Å². The van der Waals surface area contributed by atoms with Gasteiger partial charge in [-0.05, 0) is 47.6 Å². The second kappa shape index (κ2) is 10.4. The number of carbonyl (C=O) groups is 1. The third-order valence-corrected chi connectivity index (χ3v) is 6.71. The van der Waals surface area contributed by atoms with Crippen LogP contribution in [0.4, 0.5) is 5.69 Å². The molecule has 5 nitrogen and oxygen atoms in total. The Bertz CT molecular complexity index is 972. The van der Waals surface area contributed by atoms with Crippen molar-refractivity contribution in [3.05, 3.63) is 58.6 Å². The predicted octanol–water partition coefficient (Wildman–Crippen LogP) is 5.18. The van der Waals surface area contributed by atoms with Gasteiger partial charge >= 0.3 is 0 Å². The molecular weight excluding hydrogens is 420 g/mol. The Balaban J connectivity index is 2.07. The molecular formula is C23H31ClN2O3S. The number of carbonyl (C=O) groups excluding carboxylic acids is 1. The average molecular weight is 451 g/mol. The van der Waals surface area contributed by atoms with Gasteiger partial charge in [0.05, 0.1) is 22.2 Å². The van der Waals surface area contributed by atoms with E-state index in [0.29, 0.717) is 5.92 Å². The summed E-state index contributed by atoms with van der Waals surface area (Å²) in [6.45, 7) is 8.67. The van der Waals surface area contributed by atoms with Crippen molar-refractivity contribution in [3.8, 4) is 0 Å². The minimum absolute atomic E-state index is 0.0135. The van der Waals surface area contributed by atoms with Crippen molar-refractivity contribution in [3.63, 3.8) is 0 Å². The highest BCUT2D eigenvalue weighted by Crippen LogP contribution is 2.27. The summed E-state index contributed by atoms with van der Waals surface area (Å²) in [6, 6.07) is 12.8. The van der Waals surface area contributed by atoms with Gasteiger partial charge in [-0.2, -0.15) is 0 Å². The molecule has 2 aromatic carbocycles. The first-order valence-electron chi connectivity index (χ1n) is 10.2. The summed E-state index contributed by atoms with van der Waals surface area (Å²) in [5, 5.41) is 6.30. The lowest BCUT2D eigenvalue weighted by Crippen LogP contribution is -2.33. The molecule has 30 heavy (non-hydrogen) atoms. The van der Waals surface area contributed by atoms with Crippen LogP contribution in [0.15, 0.2) is 47.4 Å². The second-order valence-corrected chi connectivity index (χ2v) is 10.5. The number of hydrogen-bond acceptors (Lipinski definition) is 4. The molecule has 0 heterocycles. The minimum atomic E-state index is -3.39. The molecule has 164 valence electrons. The molecule has 0 spiro atoms. The fourth-order valence-electron chi connectivity index (χ4n) is 3.23. The normalized spacial score (nSPS) is 13.8. The number of sulfone groups is 1. The Morgan fingerprint density at radius 1 is 1.03 bits per heavy atom. The van der Waals surface area contributed by atoms with Crippen molar-refractivity contribution >= 4 is 33.0 Å². The summed E-state index contributed by atoms with van der Waals surface area (Å²) in [5.74, 6) is 0.511. The summed E-state index contributed by atoms with van der Waals surface area (Å²) in [6.07, 6.45) is 2.21. The summed E-state index contributed by atoms with van der Waals surface area (Å²) in [5.41, 5.74) is 2.72. The molecule has 0 aliphatic rings. The predicted molar refractivity (Wildman–Crippen MR) is 124 cm³/mol. The van der Waals surface area contributed by atoms with Gasteiger partial charge in [-0.3, -0.25) is 4.79 Å². The van der Waals surface area contributed by atoms with E-state index >= 15 is 0 Å². The van der Waals surface area contributed by atoms with Gasteiger partial charge < -0.3 is 10.6 Å². The van der Waals surface area contributed by atoms with Crippen molar-refractivity contribution in [1.82, 2.24) is 5.32 Å². The first-order chi connectivity index (χ1) is 14.0. The van der Waals surface area contributed by atoms with Crippen molar-refractivity contribution in [2.75, 3.05) is 18.1 Å². The Morgan fingerprint density at radius 2 is 1.63 bits per heavy atom. The van der Waals surface area contributed by atoms with E-state index in [4.69, 9.17) is 11.6 Å². The van der Waals surface area contributed by atoms with Crippen molar-refractivity contribution in [2.24, 2.45) is 5.92 Å². The number of rotatable bonds is 9. The number of nitrogens with one attached hydrogen (secondary N) is 2. The molecule has 2 unspecified atom stereocenters. The number of anilines is 1. The summed E-state index contributed by atoms with van der Waals surface area (Å²) >= 11 is 6.12. The first kappa shape index (κ1) is 24.4. The van der Waals surface area contributed by atoms with Crippen LogP contribution >= 0.6 is 11.6 Å². The van der Waals surface area contributed by atoms with Gasteiger partial charge in [0.2, 0.25) is 5.91 Å². The van der Waals surface area contributed by atoms with E-state index in [1.54, 1.807) is 0 Å². The third-order valence-electron chi connectivity index (χ3n) is 5.27. The van der Waals surface area contributed by atoms with E-state index in [1.807, 2.05) is 0 Å². The molecule has 7 heteroatoms. The Morgan fingerprint density at radius 3 is 2.17 bits per heavy atom. The molecule has 0 radical (unpaired) electrons. The molecule has 0 aromatic heterocycles. The second-order valence-electron chi connectivity index (χ2n) is 8.04. The van der Waals surface area contributed by atoms with Gasteiger partial charge in [-0.25, -0.2) is 8.42 Å². The minimum Gasteiger partial charge on any atom is -0.324 e. The topological polar surface area (TPSA) is 75.3 Å². The van der Waals surface area contributed by atoms with Crippen molar-refractivity contribution in [2.45, 2.75) is 51.0 Å². The lowest BCUT2D eigenvalue weighted by molar-refractivity contribution is -0.115. The highest BCUT2D eigenvalue weighted by atomic mass is 35.5. The zero-order valence-electron chi connectivity index (χ0n) is 18.2. The molecule has 2 aromatic rings. The van der Waals surface area contributed by atoms with E-state index in [0.717, 1.165) is 18.2 Å². The summed E-state index contributed by atoms with van der Waals surface area (Å²) < 4.78 is 23.5. The average Bonchev–Trinajstić information content (AvgIpc) is 2.68. The van der Waals surface area contributed by atoms with Gasteiger partial charge in [0, 0.05) is 12.3 Å². The van der Waals surface area contributed by atoms with Crippen LogP contribution in [-0.2, 0) is 14.6 Å². The number of halogens is 1. The maximum atomic E-state index is 12.5. The Hall–Kier alpha value is -1.89. The standard InChI is InChI=1S/C23H31ClN2O3S/c1-6-16(4)17-7-9-18(10-8-17)23(15(2)3)25-14-22(27)26-21-13-19(30(5,28)29)11-12-20(21)24/h7-13,15-16,23,25H,6,14H2,1-5H3,(H,26,27). The molecule has 0 aliphatic heterocycles. The maximum Gasteiger partial charge on any atom is 0.238 e. The lowest BCUT2D eigenvalue weighted by Gasteiger charge is -2.23. The quantitative estimate of drug-likeness (QED) is 0.551. The Labute approximate surface area is 185 Å². The van der Waals surface area contributed by atoms with Crippen LogP contribution < -0.4 is 10.6 Å². The van der Waals surface area contributed by atoms with Crippen LogP contribution in [0.3, 0.4) is 0 Å². The van der Waals surface area contributed by atoms with Crippen LogP contribution in [0, 0.1) is 5.92 Å². The van der Waals surface area contributed by atoms with E-state index in [-0.39, 0.29) is 40.0 Å². The van der Waals surface area contributed by atoms with Crippen LogP contribution in [0.1, 0.15) is 57.2 Å². The molecule has 0 fully saturated rings. The van der Waals surface area contributed by atoms with Gasteiger partial charge in [0.15, 0.2) is 9.84 Å². The SMILES string of the molecule is CCC(C)c1ccc(C(NCC(=O)Nc2cc(S(C)(=O)=O)ccc2Cl)C(C)C)cc1. The first-order valence-corrected chi connectivity index (χ1v) is 12.4. The molecule has 1 amide bonds. The monoisotopic (exact) mass is 450 g/mol. The summed E-state index contributed by atoms with van der Waals surface area (Å²) in [4.78, 5) is 12.6. The molecule has 2 N–H and O–H groups in total. The molecule has 0 saturated heterocycles. The number of amides is 1. The fourth-order valence-corrected chi connectivity index (χ4v) is 4.05. The fraction of sp³-hybridized carbons (Fsp3) is 0.435. The molecule has 0 saturated carbocycles. The maximum absolute atomic E-state index is 12.5. The summed E-state index contributed by atoms with van der Waals surface area (Å²) in [7, 11) is -3.39. The van der Waals surface area contributed by atoms with Gasteiger partial charge in [0.1, 0.15) is 0 Å². The number of benzene rings is 2. The lowest BCUT2D eigenvalue weighted by atomic mass is 9.92. The van der Waals surface area contributed by atoms with Gasteiger partial charge in [-0.15, -0.1) is 0 Å². The molecule has 0 aliphatic carbocycles. The Kier molecular flexibility index (Phi) is 8.47. The number of hydrogen-bond donors (Lipinski definition) is 2. The smallest absolute Gasteiger partial charge is 0.238 e. The highest BCUT2D eigenvalue weighted by molar-refractivity contribution is 7.90. The molecule has 2 rings (SSSR count). The van der Waals surface area contributed by atoms with E-state index in [2.05, 4.69) is 62.6 Å². The van der Waals surface area contributed by atoms with Crippen LogP contribution in [0.25, 0.3) is 0 Å². The van der Waals surface area contributed by atoms with Crippen LogP contribution in [0.2, 0.25) is 5.02 Å². The van der Waals surface area contributed by atoms with E-state index in [1.165, 1.54) is 23.8 Å². The molecule has 0 bridgehead atoms. The van der Waals surface area contributed by atoms with Crippen LogP contribution in [0.5, 0.6) is 0 Å². The van der Waals surface area contributed by atoms with E-state index in [9.17, 15) is 13.2 Å². The zero-order valence-corrected chi connectivity index (χ0v) is 19.8.